The van der Waals surface area contributed by atoms with Crippen molar-refractivity contribution in [3.8, 4) is 23.1 Å². The van der Waals surface area contributed by atoms with Crippen LogP contribution in [0.15, 0.2) is 60.4 Å². The average Bonchev–Trinajstić information content (AvgIpc) is 3.50. The Kier molecular flexibility index (Phi) is 7.78. The first-order chi connectivity index (χ1) is 19.9. The summed E-state index contributed by atoms with van der Waals surface area (Å²) in [5.41, 5.74) is 9.37. The van der Waals surface area contributed by atoms with E-state index in [4.69, 9.17) is 15.2 Å². The Morgan fingerprint density at radius 2 is 1.90 bits per heavy atom. The van der Waals surface area contributed by atoms with Gasteiger partial charge in [-0.2, -0.15) is 5.10 Å². The molecule has 0 aliphatic heterocycles. The number of para-hydroxylation sites is 1. The molecule has 2 N–H and O–H groups in total. The van der Waals surface area contributed by atoms with E-state index in [9.17, 15) is 26.4 Å². The van der Waals surface area contributed by atoms with Crippen molar-refractivity contribution in [2.45, 2.75) is 25.5 Å². The summed E-state index contributed by atoms with van der Waals surface area (Å²) in [6.45, 7) is 0.858. The van der Waals surface area contributed by atoms with Crippen molar-refractivity contribution in [1.82, 2.24) is 14.8 Å². The van der Waals surface area contributed by atoms with Gasteiger partial charge in [0.2, 0.25) is 5.88 Å². The summed E-state index contributed by atoms with van der Waals surface area (Å²) in [5.74, 6) is -1.09. The van der Waals surface area contributed by atoms with E-state index in [1.54, 1.807) is 37.3 Å². The van der Waals surface area contributed by atoms with Gasteiger partial charge in [0.05, 0.1) is 29.4 Å². The van der Waals surface area contributed by atoms with Gasteiger partial charge < -0.3 is 15.2 Å². The molecule has 1 aliphatic carbocycles. The number of carbonyl (C=O) groups is 1. The number of benzene rings is 2. The highest BCUT2D eigenvalue weighted by molar-refractivity contribution is 7.89. The minimum absolute atomic E-state index is 0.0159. The van der Waals surface area contributed by atoms with E-state index in [0.717, 1.165) is 6.26 Å². The molecule has 0 radical (unpaired) electrons. The zero-order valence-electron chi connectivity index (χ0n) is 22.5. The lowest BCUT2D eigenvalue weighted by atomic mass is 10.0. The SMILES string of the molecule is Cc1cc(Oc2ccccc2F)ncc1-n1ncc(C(=O)C2=Cc3cc(OCC(F)F)c(CS(C)(=O)=O)cc3C2)c1N. The number of allylic oxidation sites excluding steroid dienone is 1. The Morgan fingerprint density at radius 1 is 1.14 bits per heavy atom. The fraction of sp³-hybridized carbons (Fsp3) is 0.207. The summed E-state index contributed by atoms with van der Waals surface area (Å²) in [6, 6.07) is 10.5. The predicted octanol–water partition coefficient (Wildman–Crippen LogP) is 5.10. The number of aryl methyl sites for hydroxylation is 1. The number of halogens is 3. The summed E-state index contributed by atoms with van der Waals surface area (Å²) in [6.07, 6.45) is 2.83. The monoisotopic (exact) mass is 598 g/mol. The van der Waals surface area contributed by atoms with Crippen LogP contribution in [0.3, 0.4) is 0 Å². The largest absolute Gasteiger partial charge is 0.487 e. The van der Waals surface area contributed by atoms with E-state index in [1.807, 2.05) is 0 Å². The standard InChI is InChI=1S/C29H25F3N4O5S/c1-16-7-27(41-24-6-4-3-5-22(24)30)34-13-23(16)36-29(33)21(12-35-36)28(37)19-8-17-10-20(15-42(2,38)39)25(11-18(17)9-19)40-14-26(31)32/h3-7,9-13,26H,8,14-15,33H2,1-2H3. The molecule has 2 aromatic heterocycles. The lowest BCUT2D eigenvalue weighted by molar-refractivity contribution is 0.0815. The number of hydrogen-bond acceptors (Lipinski definition) is 8. The fourth-order valence-corrected chi connectivity index (χ4v) is 5.38. The minimum atomic E-state index is -3.49. The number of hydrogen-bond donors (Lipinski definition) is 1. The fourth-order valence-electron chi connectivity index (χ4n) is 4.59. The van der Waals surface area contributed by atoms with Crippen LogP contribution in [-0.2, 0) is 22.0 Å². The molecule has 9 nitrogen and oxygen atoms in total. The number of Topliss-reactive ketones (excluding diaryl/α,β-unsaturated/α-hetero) is 1. The third-order valence-corrected chi connectivity index (χ3v) is 7.33. The third-order valence-electron chi connectivity index (χ3n) is 6.50. The Hall–Kier alpha value is -4.65. The zero-order chi connectivity index (χ0) is 30.2. The molecule has 0 fully saturated rings. The number of nitrogens with zero attached hydrogens (tertiary/aromatic N) is 3. The molecule has 13 heteroatoms. The summed E-state index contributed by atoms with van der Waals surface area (Å²) in [5, 5.41) is 4.27. The van der Waals surface area contributed by atoms with Gasteiger partial charge >= 0.3 is 0 Å². The molecular formula is C29H25F3N4O5S. The van der Waals surface area contributed by atoms with Crippen LogP contribution in [0.2, 0.25) is 0 Å². The third kappa shape index (κ3) is 6.15. The van der Waals surface area contributed by atoms with E-state index in [2.05, 4.69) is 10.1 Å². The number of rotatable bonds is 10. The highest BCUT2D eigenvalue weighted by atomic mass is 32.2. The number of ketones is 1. The normalized spacial score (nSPS) is 12.8. The van der Waals surface area contributed by atoms with Crippen LogP contribution in [-0.4, -0.2) is 48.3 Å². The molecule has 5 rings (SSSR count). The van der Waals surface area contributed by atoms with Crippen molar-refractivity contribution in [2.24, 2.45) is 0 Å². The molecule has 0 saturated carbocycles. The minimum Gasteiger partial charge on any atom is -0.487 e. The molecule has 42 heavy (non-hydrogen) atoms. The second-order valence-electron chi connectivity index (χ2n) is 9.80. The number of carbonyl (C=O) groups excluding carboxylic acids is 1. The van der Waals surface area contributed by atoms with Crippen LogP contribution in [0.25, 0.3) is 11.8 Å². The number of nitrogens with two attached hydrogens (primary N) is 1. The second-order valence-corrected chi connectivity index (χ2v) is 11.9. The van der Waals surface area contributed by atoms with Crippen LogP contribution in [0.4, 0.5) is 19.0 Å². The topological polar surface area (TPSA) is 126 Å². The number of aromatic nitrogens is 3. The molecular weight excluding hydrogens is 573 g/mol. The van der Waals surface area contributed by atoms with Gasteiger partial charge in [-0.15, -0.1) is 0 Å². The molecule has 218 valence electrons. The van der Waals surface area contributed by atoms with Crippen LogP contribution in [0.1, 0.15) is 32.6 Å². The molecule has 2 heterocycles. The quantitative estimate of drug-likeness (QED) is 0.250. The van der Waals surface area contributed by atoms with Gasteiger partial charge in [0, 0.05) is 29.9 Å². The molecule has 0 atom stereocenters. The average molecular weight is 599 g/mol. The van der Waals surface area contributed by atoms with Gasteiger partial charge in [0.25, 0.3) is 6.43 Å². The van der Waals surface area contributed by atoms with Gasteiger partial charge in [-0.3, -0.25) is 4.79 Å². The maximum absolute atomic E-state index is 14.0. The molecule has 4 aromatic rings. The number of ether oxygens (including phenoxy) is 2. The van der Waals surface area contributed by atoms with Gasteiger partial charge in [0.15, 0.2) is 27.2 Å². The van der Waals surface area contributed by atoms with E-state index in [0.29, 0.717) is 28.0 Å². The Labute approximate surface area is 239 Å². The summed E-state index contributed by atoms with van der Waals surface area (Å²) < 4.78 is 75.4. The summed E-state index contributed by atoms with van der Waals surface area (Å²) in [4.78, 5) is 17.7. The van der Waals surface area contributed by atoms with E-state index < -0.39 is 40.2 Å². The molecule has 0 spiro atoms. The lowest BCUT2D eigenvalue weighted by Crippen LogP contribution is -2.11. The van der Waals surface area contributed by atoms with E-state index in [1.165, 1.54) is 35.3 Å². The predicted molar refractivity (Wildman–Crippen MR) is 149 cm³/mol. The van der Waals surface area contributed by atoms with Crippen molar-refractivity contribution in [3.63, 3.8) is 0 Å². The molecule has 2 aromatic carbocycles. The smallest absolute Gasteiger partial charge is 0.272 e. The second kappa shape index (κ2) is 11.3. The summed E-state index contributed by atoms with van der Waals surface area (Å²) >= 11 is 0. The lowest BCUT2D eigenvalue weighted by Gasteiger charge is -2.13. The van der Waals surface area contributed by atoms with E-state index in [-0.39, 0.29) is 40.7 Å². The first-order valence-corrected chi connectivity index (χ1v) is 14.7. The van der Waals surface area contributed by atoms with Gasteiger partial charge in [0.1, 0.15) is 18.2 Å². The van der Waals surface area contributed by atoms with Gasteiger partial charge in [-0.05, 0) is 47.9 Å². The Balaban J connectivity index is 1.39. The zero-order valence-corrected chi connectivity index (χ0v) is 23.3. The van der Waals surface area contributed by atoms with Crippen molar-refractivity contribution < 1.29 is 35.9 Å². The number of fused-ring (bicyclic) bond motifs is 1. The number of alkyl halides is 2. The Bertz CT molecular complexity index is 1840. The van der Waals surface area contributed by atoms with Gasteiger partial charge in [-0.1, -0.05) is 18.2 Å². The molecule has 0 bridgehead atoms. The summed E-state index contributed by atoms with van der Waals surface area (Å²) in [7, 11) is -3.49. The van der Waals surface area contributed by atoms with E-state index >= 15 is 0 Å². The van der Waals surface area contributed by atoms with Gasteiger partial charge in [-0.25, -0.2) is 31.3 Å². The maximum Gasteiger partial charge on any atom is 0.272 e. The number of anilines is 1. The van der Waals surface area contributed by atoms with Crippen molar-refractivity contribution in [1.29, 1.82) is 0 Å². The molecule has 1 aliphatic rings. The molecule has 0 amide bonds. The van der Waals surface area contributed by atoms with Crippen LogP contribution < -0.4 is 15.2 Å². The molecule has 0 saturated heterocycles. The van der Waals surface area contributed by atoms with Crippen molar-refractivity contribution >= 4 is 27.5 Å². The Morgan fingerprint density at radius 3 is 2.60 bits per heavy atom. The van der Waals surface area contributed by atoms with Crippen LogP contribution in [0, 0.1) is 12.7 Å². The van der Waals surface area contributed by atoms with Crippen molar-refractivity contribution in [2.75, 3.05) is 18.6 Å². The highest BCUT2D eigenvalue weighted by Crippen LogP contribution is 2.35. The maximum atomic E-state index is 14.0. The van der Waals surface area contributed by atoms with Crippen LogP contribution in [0.5, 0.6) is 17.4 Å². The van der Waals surface area contributed by atoms with Crippen LogP contribution >= 0.6 is 0 Å². The first-order valence-electron chi connectivity index (χ1n) is 12.6. The number of sulfone groups is 1. The number of pyridine rings is 1. The van der Waals surface area contributed by atoms with Crippen molar-refractivity contribution in [3.05, 3.63) is 94.1 Å². The number of nitrogen functional groups attached to an aromatic ring is 1. The first kappa shape index (κ1) is 28.9. The highest BCUT2D eigenvalue weighted by Gasteiger charge is 2.26. The molecule has 0 unspecified atom stereocenters.